The lowest BCUT2D eigenvalue weighted by Crippen LogP contribution is -2.30. The summed E-state index contributed by atoms with van der Waals surface area (Å²) in [5.41, 5.74) is 0. The Morgan fingerprint density at radius 3 is 0.924 bits per heavy atom. The standard InChI is InChI=1S/C60H96O6/c1-4-7-10-13-16-19-22-25-28-30-32-35-38-41-44-47-50-53-59(62)65-56-57(55-64-58(61)52-49-46-43-40-37-34-27-24-21-18-15-12-9-6-3)66-60(63)54-51-48-45-42-39-36-33-31-29-26-23-20-17-14-11-8-5-2/h7-8,10-11,16-17,19-20,25-26,28-29,32-33,35-36,41-42,44-45,57H,4-6,9,12-15,18,21-24,27,30-31,34,37-40,43,46-56H2,1-3H3/b10-7-,11-8-,19-16-,20-17-,28-25-,29-26-,35-32-,36-33-,44-41-,45-42-. The lowest BCUT2D eigenvalue weighted by Gasteiger charge is -2.18. The van der Waals surface area contributed by atoms with Crippen molar-refractivity contribution in [3.63, 3.8) is 0 Å². The van der Waals surface area contributed by atoms with Crippen molar-refractivity contribution in [2.24, 2.45) is 0 Å². The van der Waals surface area contributed by atoms with Crippen molar-refractivity contribution in [1.82, 2.24) is 0 Å². The van der Waals surface area contributed by atoms with E-state index in [4.69, 9.17) is 14.2 Å². The maximum Gasteiger partial charge on any atom is 0.306 e. The molecule has 0 aromatic rings. The number of hydrogen-bond acceptors (Lipinski definition) is 6. The first kappa shape index (κ1) is 61.8. The maximum atomic E-state index is 12.8. The van der Waals surface area contributed by atoms with E-state index in [0.29, 0.717) is 19.3 Å². The third kappa shape index (κ3) is 50.8. The molecule has 0 fully saturated rings. The average molecular weight is 913 g/mol. The topological polar surface area (TPSA) is 78.9 Å². The van der Waals surface area contributed by atoms with E-state index in [1.54, 1.807) is 0 Å². The largest absolute Gasteiger partial charge is 0.462 e. The highest BCUT2D eigenvalue weighted by Crippen LogP contribution is 2.14. The van der Waals surface area contributed by atoms with Gasteiger partial charge >= 0.3 is 17.9 Å². The average Bonchev–Trinajstić information content (AvgIpc) is 3.31. The molecule has 0 N–H and O–H groups in total. The van der Waals surface area contributed by atoms with Crippen LogP contribution in [0.5, 0.6) is 0 Å². The fourth-order valence-corrected chi connectivity index (χ4v) is 6.81. The number of unbranched alkanes of at least 4 members (excludes halogenated alkanes) is 15. The van der Waals surface area contributed by atoms with Crippen LogP contribution in [0, 0.1) is 0 Å². The van der Waals surface area contributed by atoms with Crippen molar-refractivity contribution in [3.8, 4) is 0 Å². The zero-order valence-electron chi connectivity index (χ0n) is 42.4. The maximum absolute atomic E-state index is 12.8. The van der Waals surface area contributed by atoms with Crippen LogP contribution in [0.4, 0.5) is 0 Å². The lowest BCUT2D eigenvalue weighted by molar-refractivity contribution is -0.167. The third-order valence-corrected chi connectivity index (χ3v) is 10.7. The normalized spacial score (nSPS) is 13.1. The molecule has 6 nitrogen and oxygen atoms in total. The summed E-state index contributed by atoms with van der Waals surface area (Å²) in [5, 5.41) is 0. The molecule has 0 radical (unpaired) electrons. The summed E-state index contributed by atoms with van der Waals surface area (Å²) in [6, 6.07) is 0. The molecule has 0 heterocycles. The predicted octanol–water partition coefficient (Wildman–Crippen LogP) is 17.7. The van der Waals surface area contributed by atoms with Gasteiger partial charge in [0.05, 0.1) is 0 Å². The molecule has 0 aliphatic rings. The molecule has 6 heteroatoms. The van der Waals surface area contributed by atoms with Crippen LogP contribution in [0.1, 0.15) is 220 Å². The van der Waals surface area contributed by atoms with Gasteiger partial charge in [-0.2, -0.15) is 0 Å². The smallest absolute Gasteiger partial charge is 0.306 e. The Labute approximate surface area is 405 Å². The van der Waals surface area contributed by atoms with Crippen LogP contribution in [-0.2, 0) is 28.6 Å². The molecule has 0 aliphatic heterocycles. The second-order valence-corrected chi connectivity index (χ2v) is 17.0. The number of esters is 3. The zero-order chi connectivity index (χ0) is 47.9. The second-order valence-electron chi connectivity index (χ2n) is 17.0. The summed E-state index contributed by atoms with van der Waals surface area (Å²) >= 11 is 0. The number of rotatable bonds is 46. The van der Waals surface area contributed by atoms with Gasteiger partial charge < -0.3 is 14.2 Å². The van der Waals surface area contributed by atoms with E-state index >= 15 is 0 Å². The Kier molecular flexibility index (Phi) is 50.0. The van der Waals surface area contributed by atoms with Crippen molar-refractivity contribution >= 4 is 17.9 Å². The van der Waals surface area contributed by atoms with E-state index in [0.717, 1.165) is 96.3 Å². The lowest BCUT2D eigenvalue weighted by atomic mass is 10.0. The summed E-state index contributed by atoms with van der Waals surface area (Å²) in [5.74, 6) is -1.04. The number of carbonyl (C=O) groups excluding carboxylic acids is 3. The third-order valence-electron chi connectivity index (χ3n) is 10.7. The van der Waals surface area contributed by atoms with E-state index in [2.05, 4.69) is 142 Å². The Balaban J connectivity index is 4.59. The second kappa shape index (κ2) is 53.4. The summed E-state index contributed by atoms with van der Waals surface area (Å²) < 4.78 is 16.7. The van der Waals surface area contributed by atoms with Crippen molar-refractivity contribution < 1.29 is 28.6 Å². The predicted molar refractivity (Wildman–Crippen MR) is 283 cm³/mol. The first-order chi connectivity index (χ1) is 32.5. The van der Waals surface area contributed by atoms with E-state index in [-0.39, 0.29) is 44.0 Å². The molecule has 0 aliphatic carbocycles. The van der Waals surface area contributed by atoms with Gasteiger partial charge in [-0.15, -0.1) is 0 Å². The van der Waals surface area contributed by atoms with Gasteiger partial charge in [0, 0.05) is 19.3 Å². The minimum absolute atomic E-state index is 0.120. The Hall–Kier alpha value is -4.19. The van der Waals surface area contributed by atoms with Gasteiger partial charge in [0.15, 0.2) is 6.10 Å². The molecule has 0 rings (SSSR count). The highest BCUT2D eigenvalue weighted by molar-refractivity contribution is 5.71. The van der Waals surface area contributed by atoms with E-state index in [9.17, 15) is 14.4 Å². The van der Waals surface area contributed by atoms with Gasteiger partial charge in [0.25, 0.3) is 0 Å². The molecule has 0 amide bonds. The minimum atomic E-state index is -0.832. The van der Waals surface area contributed by atoms with Gasteiger partial charge in [-0.3, -0.25) is 14.4 Å². The zero-order valence-corrected chi connectivity index (χ0v) is 42.4. The fraction of sp³-hybridized carbons (Fsp3) is 0.617. The monoisotopic (exact) mass is 913 g/mol. The quantitative estimate of drug-likeness (QED) is 0.0262. The molecular weight excluding hydrogens is 817 g/mol. The summed E-state index contributed by atoms with van der Waals surface area (Å²) in [4.78, 5) is 38.0. The summed E-state index contributed by atoms with van der Waals surface area (Å²) in [6.07, 6.45) is 73.4. The van der Waals surface area contributed by atoms with Crippen LogP contribution in [0.3, 0.4) is 0 Å². The minimum Gasteiger partial charge on any atom is -0.462 e. The van der Waals surface area contributed by atoms with Crippen LogP contribution < -0.4 is 0 Å². The van der Waals surface area contributed by atoms with Crippen molar-refractivity contribution in [2.45, 2.75) is 226 Å². The molecule has 0 aromatic heterocycles. The van der Waals surface area contributed by atoms with Crippen molar-refractivity contribution in [2.75, 3.05) is 13.2 Å². The fourth-order valence-electron chi connectivity index (χ4n) is 6.81. The van der Waals surface area contributed by atoms with Gasteiger partial charge in [0.1, 0.15) is 13.2 Å². The first-order valence-electron chi connectivity index (χ1n) is 26.5. The van der Waals surface area contributed by atoms with Gasteiger partial charge in [-0.05, 0) is 96.3 Å². The van der Waals surface area contributed by atoms with Crippen LogP contribution >= 0.6 is 0 Å². The molecule has 0 aromatic carbocycles. The van der Waals surface area contributed by atoms with E-state index in [1.165, 1.54) is 70.6 Å². The Morgan fingerprint density at radius 2 is 0.591 bits per heavy atom. The Morgan fingerprint density at radius 1 is 0.318 bits per heavy atom. The van der Waals surface area contributed by atoms with E-state index in [1.807, 2.05) is 0 Å². The van der Waals surface area contributed by atoms with Gasteiger partial charge in [-0.25, -0.2) is 0 Å². The summed E-state index contributed by atoms with van der Waals surface area (Å²) in [7, 11) is 0. The van der Waals surface area contributed by atoms with Crippen LogP contribution in [0.2, 0.25) is 0 Å². The number of allylic oxidation sites excluding steroid dienone is 20. The molecule has 0 saturated carbocycles. The number of ether oxygens (including phenoxy) is 3. The summed E-state index contributed by atoms with van der Waals surface area (Å²) in [6.45, 7) is 6.30. The van der Waals surface area contributed by atoms with Gasteiger partial charge in [-0.1, -0.05) is 226 Å². The molecule has 0 spiro atoms. The molecule has 0 saturated heterocycles. The van der Waals surface area contributed by atoms with Gasteiger partial charge in [0.2, 0.25) is 0 Å². The van der Waals surface area contributed by atoms with E-state index < -0.39 is 6.10 Å². The highest BCUT2D eigenvalue weighted by atomic mass is 16.6. The Bertz CT molecular complexity index is 1420. The first-order valence-corrected chi connectivity index (χ1v) is 26.5. The molecule has 1 atom stereocenters. The molecule has 0 bridgehead atoms. The van der Waals surface area contributed by atoms with Crippen molar-refractivity contribution in [3.05, 3.63) is 122 Å². The highest BCUT2D eigenvalue weighted by Gasteiger charge is 2.19. The van der Waals surface area contributed by atoms with Crippen LogP contribution in [-0.4, -0.2) is 37.2 Å². The number of hydrogen-bond donors (Lipinski definition) is 0. The number of carbonyl (C=O) groups is 3. The molecular formula is C60H96O6. The van der Waals surface area contributed by atoms with Crippen molar-refractivity contribution in [1.29, 1.82) is 0 Å². The molecule has 1 unspecified atom stereocenters. The SMILES string of the molecule is CC/C=C\C/C=C\C/C=C\C/C=C\C/C=C\CCCC(=O)OCC(COC(=O)CCCCCCCCCCCCCCCC)OC(=O)CCC/C=C\C/C=C\C/C=C\C/C=C\C/C=C\CC. The van der Waals surface area contributed by atoms with Crippen LogP contribution in [0.25, 0.3) is 0 Å². The molecule has 372 valence electrons. The van der Waals surface area contributed by atoms with Crippen LogP contribution in [0.15, 0.2) is 122 Å². The molecule has 66 heavy (non-hydrogen) atoms.